The smallest absolute Gasteiger partial charge is 0.306 e. The minimum absolute atomic E-state index is 0.0959. The third kappa shape index (κ3) is 4.96. The molecule has 28 heavy (non-hydrogen) atoms. The van der Waals surface area contributed by atoms with Crippen LogP contribution in [0.1, 0.15) is 64.9 Å². The average Bonchev–Trinajstić information content (AvgIpc) is 2.72. The van der Waals surface area contributed by atoms with E-state index in [1.165, 1.54) is 45.3 Å². The molecule has 1 aromatic carbocycles. The summed E-state index contributed by atoms with van der Waals surface area (Å²) in [5, 5.41) is 0. The van der Waals surface area contributed by atoms with E-state index >= 15 is 0 Å². The first-order chi connectivity index (χ1) is 13.5. The third-order valence-corrected chi connectivity index (χ3v) is 6.74. The van der Waals surface area contributed by atoms with Gasteiger partial charge in [0.2, 0.25) is 0 Å². The molecule has 2 heterocycles. The number of likely N-dealkylation sites (tertiary alicyclic amines) is 2. The van der Waals surface area contributed by atoms with Crippen LogP contribution < -0.4 is 0 Å². The van der Waals surface area contributed by atoms with E-state index in [-0.39, 0.29) is 11.9 Å². The van der Waals surface area contributed by atoms with E-state index in [0.29, 0.717) is 12.5 Å². The summed E-state index contributed by atoms with van der Waals surface area (Å²) >= 11 is 0. The van der Waals surface area contributed by atoms with Gasteiger partial charge in [-0.2, -0.15) is 0 Å². The Morgan fingerprint density at radius 3 is 2.50 bits per heavy atom. The van der Waals surface area contributed by atoms with E-state index in [0.717, 1.165) is 25.1 Å². The van der Waals surface area contributed by atoms with Crippen molar-refractivity contribution in [3.8, 4) is 0 Å². The van der Waals surface area contributed by atoms with Gasteiger partial charge in [0.05, 0.1) is 0 Å². The first-order valence-corrected chi connectivity index (χ1v) is 11.3. The zero-order valence-electron chi connectivity index (χ0n) is 18.0. The van der Waals surface area contributed by atoms with Crippen molar-refractivity contribution >= 4 is 5.97 Å². The zero-order chi connectivity index (χ0) is 20.0. The molecule has 2 aliphatic rings. The SMILES string of the molecule is CCC(=O)OC1(c2ccccc2)CC(C)N(CCCN2CCCCC2)CC1C. The van der Waals surface area contributed by atoms with Gasteiger partial charge < -0.3 is 14.5 Å². The van der Waals surface area contributed by atoms with Crippen LogP contribution in [0, 0.1) is 5.92 Å². The highest BCUT2D eigenvalue weighted by atomic mass is 16.6. The van der Waals surface area contributed by atoms with Crippen LogP contribution in [-0.4, -0.2) is 54.5 Å². The molecule has 0 radical (unpaired) electrons. The summed E-state index contributed by atoms with van der Waals surface area (Å²) in [7, 11) is 0. The van der Waals surface area contributed by atoms with Gasteiger partial charge in [-0.15, -0.1) is 0 Å². The van der Waals surface area contributed by atoms with Crippen molar-refractivity contribution in [2.24, 2.45) is 5.92 Å². The van der Waals surface area contributed by atoms with Crippen molar-refractivity contribution in [1.82, 2.24) is 9.80 Å². The van der Waals surface area contributed by atoms with Crippen LogP contribution in [-0.2, 0) is 15.1 Å². The molecule has 0 aliphatic carbocycles. The van der Waals surface area contributed by atoms with E-state index in [9.17, 15) is 4.79 Å². The van der Waals surface area contributed by atoms with Gasteiger partial charge in [-0.1, -0.05) is 50.6 Å². The number of carbonyl (C=O) groups is 1. The van der Waals surface area contributed by atoms with E-state index in [1.807, 2.05) is 13.0 Å². The summed E-state index contributed by atoms with van der Waals surface area (Å²) in [5.41, 5.74) is 0.640. The number of hydrogen-bond acceptors (Lipinski definition) is 4. The molecule has 0 bridgehead atoms. The Balaban J connectivity index is 1.65. The molecule has 2 saturated heterocycles. The van der Waals surface area contributed by atoms with Gasteiger partial charge in [-0.05, 0) is 57.9 Å². The fourth-order valence-corrected chi connectivity index (χ4v) is 5.04. The van der Waals surface area contributed by atoms with Gasteiger partial charge >= 0.3 is 5.97 Å². The predicted octanol–water partition coefficient (Wildman–Crippen LogP) is 4.44. The largest absolute Gasteiger partial charge is 0.454 e. The van der Waals surface area contributed by atoms with Crippen molar-refractivity contribution in [3.05, 3.63) is 35.9 Å². The standard InChI is InChI=1S/C24H38N2O2/c1-4-23(27)28-24(22-12-7-5-8-13-22)18-21(3)26(19-20(24)2)17-11-16-25-14-9-6-10-15-25/h5,7-8,12-13,20-21H,4,6,9-11,14-19H2,1-3H3. The first kappa shape index (κ1) is 21.3. The maximum absolute atomic E-state index is 12.3. The highest BCUT2D eigenvalue weighted by Gasteiger charge is 2.47. The summed E-state index contributed by atoms with van der Waals surface area (Å²) in [4.78, 5) is 17.5. The second kappa shape index (κ2) is 9.89. The lowest BCUT2D eigenvalue weighted by Gasteiger charge is -2.49. The van der Waals surface area contributed by atoms with Gasteiger partial charge in [0.1, 0.15) is 5.60 Å². The Bertz CT molecular complexity index is 614. The maximum Gasteiger partial charge on any atom is 0.306 e. The number of hydrogen-bond donors (Lipinski definition) is 0. The van der Waals surface area contributed by atoms with Crippen LogP contribution in [0.15, 0.2) is 30.3 Å². The molecule has 0 N–H and O–H groups in total. The van der Waals surface area contributed by atoms with Crippen molar-refractivity contribution in [1.29, 1.82) is 0 Å². The molecule has 4 nitrogen and oxygen atoms in total. The number of rotatable bonds is 7. The molecule has 0 saturated carbocycles. The van der Waals surface area contributed by atoms with Gasteiger partial charge in [0, 0.05) is 31.3 Å². The van der Waals surface area contributed by atoms with Gasteiger partial charge in [0.15, 0.2) is 0 Å². The Hall–Kier alpha value is -1.39. The minimum Gasteiger partial charge on any atom is -0.454 e. The topological polar surface area (TPSA) is 32.8 Å². The Labute approximate surface area is 171 Å². The zero-order valence-corrected chi connectivity index (χ0v) is 18.0. The monoisotopic (exact) mass is 386 g/mol. The molecule has 0 spiro atoms. The van der Waals surface area contributed by atoms with Crippen molar-refractivity contribution in [2.45, 2.75) is 70.9 Å². The molecular formula is C24H38N2O2. The summed E-state index contributed by atoms with van der Waals surface area (Å²) in [6.45, 7) is 12.3. The number of benzene rings is 1. The van der Waals surface area contributed by atoms with Gasteiger partial charge in [0.25, 0.3) is 0 Å². The number of ether oxygens (including phenoxy) is 1. The summed E-state index contributed by atoms with van der Waals surface area (Å²) < 4.78 is 6.17. The molecular weight excluding hydrogens is 348 g/mol. The Morgan fingerprint density at radius 1 is 1.11 bits per heavy atom. The fourth-order valence-electron chi connectivity index (χ4n) is 5.04. The summed E-state index contributed by atoms with van der Waals surface area (Å²) in [5.74, 6) is 0.179. The first-order valence-electron chi connectivity index (χ1n) is 11.3. The van der Waals surface area contributed by atoms with Gasteiger partial charge in [-0.3, -0.25) is 4.79 Å². The lowest BCUT2D eigenvalue weighted by Crippen LogP contribution is -2.55. The number of carbonyl (C=O) groups excluding carboxylic acids is 1. The molecule has 3 atom stereocenters. The molecule has 2 aliphatic heterocycles. The van der Waals surface area contributed by atoms with Crippen LogP contribution in [0.5, 0.6) is 0 Å². The highest BCUT2D eigenvalue weighted by molar-refractivity contribution is 5.69. The van der Waals surface area contributed by atoms with Crippen molar-refractivity contribution in [2.75, 3.05) is 32.7 Å². The molecule has 0 amide bonds. The summed E-state index contributed by atoms with van der Waals surface area (Å²) in [6.07, 6.45) is 6.64. The van der Waals surface area contributed by atoms with Crippen LogP contribution in [0.25, 0.3) is 0 Å². The second-order valence-corrected chi connectivity index (χ2v) is 8.79. The Morgan fingerprint density at radius 2 is 1.82 bits per heavy atom. The fraction of sp³-hybridized carbons (Fsp3) is 0.708. The van der Waals surface area contributed by atoms with E-state index < -0.39 is 5.60 Å². The van der Waals surface area contributed by atoms with Crippen molar-refractivity contribution < 1.29 is 9.53 Å². The van der Waals surface area contributed by atoms with Crippen LogP contribution in [0.4, 0.5) is 0 Å². The number of piperidine rings is 2. The average molecular weight is 387 g/mol. The molecule has 3 rings (SSSR count). The van der Waals surface area contributed by atoms with Crippen LogP contribution in [0.2, 0.25) is 0 Å². The molecule has 1 aromatic rings. The van der Waals surface area contributed by atoms with Gasteiger partial charge in [-0.25, -0.2) is 0 Å². The predicted molar refractivity (Wildman–Crippen MR) is 114 cm³/mol. The lowest BCUT2D eigenvalue weighted by molar-refractivity contribution is -0.178. The normalized spacial score (nSPS) is 29.5. The lowest BCUT2D eigenvalue weighted by atomic mass is 9.74. The molecule has 4 heteroatoms. The third-order valence-electron chi connectivity index (χ3n) is 6.74. The maximum atomic E-state index is 12.3. The van der Waals surface area contributed by atoms with Crippen LogP contribution >= 0.6 is 0 Å². The molecule has 0 aromatic heterocycles. The minimum atomic E-state index is -0.503. The number of nitrogens with zero attached hydrogens (tertiary/aromatic N) is 2. The highest BCUT2D eigenvalue weighted by Crippen LogP contribution is 2.43. The van der Waals surface area contributed by atoms with Crippen molar-refractivity contribution in [3.63, 3.8) is 0 Å². The van der Waals surface area contributed by atoms with Crippen LogP contribution in [0.3, 0.4) is 0 Å². The Kier molecular flexibility index (Phi) is 7.53. The van der Waals surface area contributed by atoms with E-state index in [2.05, 4.69) is 47.9 Å². The summed E-state index contributed by atoms with van der Waals surface area (Å²) in [6, 6.07) is 10.8. The molecule has 2 fully saturated rings. The number of esters is 1. The van der Waals surface area contributed by atoms with E-state index in [1.54, 1.807) is 0 Å². The van der Waals surface area contributed by atoms with E-state index in [4.69, 9.17) is 4.74 Å². The quantitative estimate of drug-likeness (QED) is 0.649. The second-order valence-electron chi connectivity index (χ2n) is 8.79. The molecule has 3 unspecified atom stereocenters. The molecule has 156 valence electrons.